The Morgan fingerprint density at radius 1 is 1.14 bits per heavy atom. The SMILES string of the molecule is CC(C)(C)OC(=O)c1ccc(/C=N/[S@@+]([O-])C(C)(C)C)cc1. The lowest BCUT2D eigenvalue weighted by molar-refractivity contribution is 0.00695. The molecule has 0 spiro atoms. The first-order valence-corrected chi connectivity index (χ1v) is 7.89. The summed E-state index contributed by atoms with van der Waals surface area (Å²) in [6.45, 7) is 11.1. The van der Waals surface area contributed by atoms with Crippen molar-refractivity contribution in [1.29, 1.82) is 0 Å². The van der Waals surface area contributed by atoms with E-state index in [1.54, 1.807) is 30.5 Å². The summed E-state index contributed by atoms with van der Waals surface area (Å²) < 4.78 is 20.7. The van der Waals surface area contributed by atoms with E-state index < -0.39 is 17.0 Å². The summed E-state index contributed by atoms with van der Waals surface area (Å²) in [5.74, 6) is -0.357. The maximum Gasteiger partial charge on any atom is 0.338 e. The van der Waals surface area contributed by atoms with E-state index >= 15 is 0 Å². The van der Waals surface area contributed by atoms with E-state index in [9.17, 15) is 9.35 Å². The van der Waals surface area contributed by atoms with Crippen LogP contribution >= 0.6 is 0 Å². The van der Waals surface area contributed by atoms with Crippen LogP contribution in [0.3, 0.4) is 0 Å². The van der Waals surface area contributed by atoms with Gasteiger partial charge in [-0.2, -0.15) is 0 Å². The number of benzene rings is 1. The molecule has 0 aromatic heterocycles. The van der Waals surface area contributed by atoms with E-state index in [4.69, 9.17) is 4.74 Å². The van der Waals surface area contributed by atoms with Crippen molar-refractivity contribution in [3.63, 3.8) is 0 Å². The maximum absolute atomic E-state index is 11.9. The first kappa shape index (κ1) is 17.7. The number of ether oxygens (including phenoxy) is 1. The van der Waals surface area contributed by atoms with E-state index in [1.165, 1.54) is 0 Å². The fraction of sp³-hybridized carbons (Fsp3) is 0.500. The van der Waals surface area contributed by atoms with E-state index in [0.29, 0.717) is 5.56 Å². The lowest BCUT2D eigenvalue weighted by Gasteiger charge is -2.19. The van der Waals surface area contributed by atoms with Crippen LogP contribution in [0.15, 0.2) is 28.7 Å². The first-order valence-electron chi connectivity index (χ1n) is 6.78. The fourth-order valence-corrected chi connectivity index (χ4v) is 1.84. The van der Waals surface area contributed by atoms with Crippen LogP contribution in [0.25, 0.3) is 0 Å². The third kappa shape index (κ3) is 6.31. The largest absolute Gasteiger partial charge is 0.591 e. The molecule has 0 aliphatic carbocycles. The van der Waals surface area contributed by atoms with Gasteiger partial charge >= 0.3 is 5.97 Å². The minimum Gasteiger partial charge on any atom is -0.591 e. The highest BCUT2D eigenvalue weighted by atomic mass is 32.2. The number of esters is 1. The molecule has 1 rings (SSSR count). The van der Waals surface area contributed by atoms with Gasteiger partial charge in [0.05, 0.1) is 11.8 Å². The molecule has 0 bridgehead atoms. The van der Waals surface area contributed by atoms with Crippen molar-refractivity contribution >= 4 is 23.5 Å². The third-order valence-corrected chi connectivity index (χ3v) is 3.71. The van der Waals surface area contributed by atoms with Crippen molar-refractivity contribution in [3.05, 3.63) is 35.4 Å². The minimum atomic E-state index is -1.29. The Morgan fingerprint density at radius 2 is 1.67 bits per heavy atom. The van der Waals surface area contributed by atoms with Crippen LogP contribution in [0.1, 0.15) is 57.5 Å². The predicted octanol–water partition coefficient (Wildman–Crippen LogP) is 3.52. The molecule has 0 aliphatic rings. The average molecular weight is 309 g/mol. The summed E-state index contributed by atoms with van der Waals surface area (Å²) >= 11 is -1.29. The van der Waals surface area contributed by atoms with Gasteiger partial charge < -0.3 is 9.29 Å². The van der Waals surface area contributed by atoms with E-state index in [0.717, 1.165) is 5.56 Å². The lowest BCUT2D eigenvalue weighted by atomic mass is 10.1. The Bertz CT molecular complexity index is 510. The van der Waals surface area contributed by atoms with Gasteiger partial charge in [-0.05, 0) is 59.2 Å². The number of carbonyl (C=O) groups excluding carboxylic acids is 1. The monoisotopic (exact) mass is 309 g/mol. The van der Waals surface area contributed by atoms with Crippen LogP contribution in [-0.2, 0) is 16.1 Å². The Kier molecular flexibility index (Phi) is 5.59. The minimum absolute atomic E-state index is 0.357. The smallest absolute Gasteiger partial charge is 0.338 e. The van der Waals surface area contributed by atoms with Gasteiger partial charge in [-0.1, -0.05) is 16.5 Å². The quantitative estimate of drug-likeness (QED) is 0.487. The second-order valence-corrected chi connectivity index (χ2v) is 8.65. The molecule has 0 heterocycles. The molecule has 0 fully saturated rings. The van der Waals surface area contributed by atoms with Crippen LogP contribution in [-0.4, -0.2) is 27.1 Å². The van der Waals surface area contributed by atoms with Crippen molar-refractivity contribution in [2.45, 2.75) is 51.9 Å². The Hall–Kier alpha value is -1.33. The van der Waals surface area contributed by atoms with Crippen LogP contribution < -0.4 is 0 Å². The van der Waals surface area contributed by atoms with Gasteiger partial charge in [0.25, 0.3) is 0 Å². The van der Waals surface area contributed by atoms with Crippen LogP contribution in [0.2, 0.25) is 0 Å². The molecular weight excluding hydrogens is 286 g/mol. The molecule has 21 heavy (non-hydrogen) atoms. The molecule has 0 saturated heterocycles. The molecule has 0 saturated carbocycles. The molecule has 0 N–H and O–H groups in total. The number of hydrogen-bond donors (Lipinski definition) is 0. The highest BCUT2D eigenvalue weighted by Gasteiger charge is 2.25. The Morgan fingerprint density at radius 3 is 2.10 bits per heavy atom. The van der Waals surface area contributed by atoms with E-state index in [-0.39, 0.29) is 10.7 Å². The normalized spacial score (nSPS) is 14.2. The van der Waals surface area contributed by atoms with Crippen molar-refractivity contribution in [2.24, 2.45) is 4.40 Å². The van der Waals surface area contributed by atoms with Crippen molar-refractivity contribution in [1.82, 2.24) is 0 Å². The topological polar surface area (TPSA) is 61.7 Å². The van der Waals surface area contributed by atoms with Crippen LogP contribution in [0.4, 0.5) is 0 Å². The van der Waals surface area contributed by atoms with Crippen LogP contribution in [0, 0.1) is 0 Å². The molecule has 1 aromatic rings. The first-order chi connectivity index (χ1) is 9.49. The number of nitrogens with zero attached hydrogens (tertiary/aromatic N) is 1. The van der Waals surface area contributed by atoms with E-state index in [1.807, 2.05) is 41.5 Å². The maximum atomic E-state index is 11.9. The predicted molar refractivity (Wildman–Crippen MR) is 87.1 cm³/mol. The summed E-state index contributed by atoms with van der Waals surface area (Å²) in [6, 6.07) is 6.86. The van der Waals surface area contributed by atoms with Gasteiger partial charge in [0, 0.05) is 0 Å². The van der Waals surface area contributed by atoms with Crippen molar-refractivity contribution < 1.29 is 14.1 Å². The Labute approximate surface area is 129 Å². The van der Waals surface area contributed by atoms with Gasteiger partial charge in [0.15, 0.2) is 0 Å². The van der Waals surface area contributed by atoms with Gasteiger partial charge in [0.2, 0.25) is 0 Å². The van der Waals surface area contributed by atoms with Gasteiger partial charge in [-0.25, -0.2) is 4.79 Å². The molecule has 1 atom stereocenters. The second kappa shape index (κ2) is 6.62. The molecule has 0 radical (unpaired) electrons. The van der Waals surface area contributed by atoms with E-state index in [2.05, 4.69) is 4.40 Å². The highest BCUT2D eigenvalue weighted by molar-refractivity contribution is 7.91. The molecule has 1 aromatic carbocycles. The summed E-state index contributed by atoms with van der Waals surface area (Å²) in [6.07, 6.45) is 1.56. The van der Waals surface area contributed by atoms with Gasteiger partial charge in [0.1, 0.15) is 21.7 Å². The van der Waals surface area contributed by atoms with Gasteiger partial charge in [-0.15, -0.1) is 0 Å². The zero-order valence-electron chi connectivity index (χ0n) is 13.5. The molecule has 5 heteroatoms. The molecule has 0 amide bonds. The molecule has 4 nitrogen and oxygen atoms in total. The van der Waals surface area contributed by atoms with Crippen molar-refractivity contribution in [2.75, 3.05) is 0 Å². The zero-order chi connectivity index (χ0) is 16.3. The zero-order valence-corrected chi connectivity index (χ0v) is 14.3. The van der Waals surface area contributed by atoms with Crippen LogP contribution in [0.5, 0.6) is 0 Å². The summed E-state index contributed by atoms with van der Waals surface area (Å²) in [7, 11) is 0. The summed E-state index contributed by atoms with van der Waals surface area (Å²) in [5, 5.41) is 0. The molecule has 0 unspecified atom stereocenters. The molecule has 116 valence electrons. The number of hydrogen-bond acceptors (Lipinski definition) is 4. The highest BCUT2D eigenvalue weighted by Crippen LogP contribution is 2.17. The lowest BCUT2D eigenvalue weighted by Crippen LogP contribution is -2.25. The second-order valence-electron chi connectivity index (χ2n) is 6.72. The van der Waals surface area contributed by atoms with Crippen molar-refractivity contribution in [3.8, 4) is 0 Å². The Balaban J connectivity index is 2.75. The fourth-order valence-electron chi connectivity index (χ4n) is 1.31. The molecular formula is C16H23NO3S. The summed E-state index contributed by atoms with van der Waals surface area (Å²) in [5.41, 5.74) is 0.764. The number of rotatable bonds is 3. The number of carbonyl (C=O) groups is 1. The third-order valence-electron chi connectivity index (χ3n) is 2.37. The summed E-state index contributed by atoms with van der Waals surface area (Å²) in [4.78, 5) is 11.9. The molecule has 0 aliphatic heterocycles. The standard InChI is InChI=1S/C16H23NO3S/c1-15(2,3)20-14(18)13-9-7-12(8-10-13)11-17-21(19)16(4,5)6/h7-11H,1-6H3/b17-11+/t21-/m0/s1. The average Bonchev–Trinajstić information content (AvgIpc) is 2.33. The van der Waals surface area contributed by atoms with Gasteiger partial charge in [-0.3, -0.25) is 0 Å².